The molecule has 0 aliphatic rings. The van der Waals surface area contributed by atoms with Crippen molar-refractivity contribution < 1.29 is 22.6 Å². The molecule has 0 bridgehead atoms. The third-order valence-corrected chi connectivity index (χ3v) is 2.56. The van der Waals surface area contributed by atoms with Crippen molar-refractivity contribution in [2.75, 3.05) is 19.0 Å². The minimum absolute atomic E-state index is 0. The molecule has 0 aromatic heterocycles. The number of aliphatic imine (C=N–C) groups is 1. The maximum absolute atomic E-state index is 12.3. The number of nitrogens with two attached hydrogens (primary N) is 1. The van der Waals surface area contributed by atoms with Gasteiger partial charge in [-0.15, -0.1) is 37.1 Å². The molecule has 5 nitrogen and oxygen atoms in total. The number of hydrogen-bond acceptors (Lipinski definition) is 3. The zero-order valence-corrected chi connectivity index (χ0v) is 14.7. The molecule has 0 saturated heterocycles. The summed E-state index contributed by atoms with van der Waals surface area (Å²) in [6.45, 7) is 3.87. The minimum atomic E-state index is -4.78. The molecular formula is C13H19F3IN3O2. The van der Waals surface area contributed by atoms with Crippen LogP contribution in [0.3, 0.4) is 0 Å². The molecule has 0 aliphatic carbocycles. The van der Waals surface area contributed by atoms with Gasteiger partial charge in [-0.3, -0.25) is 4.99 Å². The van der Waals surface area contributed by atoms with E-state index >= 15 is 0 Å². The molecule has 0 saturated carbocycles. The van der Waals surface area contributed by atoms with Gasteiger partial charge in [0.2, 0.25) is 0 Å². The first-order chi connectivity index (χ1) is 9.63. The summed E-state index contributed by atoms with van der Waals surface area (Å²) in [5.41, 5.74) is 5.20. The molecule has 1 aromatic rings. The summed E-state index contributed by atoms with van der Waals surface area (Å²) < 4.78 is 45.9. The Morgan fingerprint density at radius 1 is 1.27 bits per heavy atom. The molecule has 0 unspecified atom stereocenters. The van der Waals surface area contributed by atoms with Crippen molar-refractivity contribution in [3.8, 4) is 5.75 Å². The number of ether oxygens (including phenoxy) is 2. The summed E-state index contributed by atoms with van der Waals surface area (Å²) in [5.74, 6) is -0.410. The highest BCUT2D eigenvalue weighted by Gasteiger charge is 2.32. The number of anilines is 1. The van der Waals surface area contributed by atoms with E-state index in [-0.39, 0.29) is 47.9 Å². The topological polar surface area (TPSA) is 68.9 Å². The van der Waals surface area contributed by atoms with Crippen molar-refractivity contribution in [3.63, 3.8) is 0 Å². The Morgan fingerprint density at radius 3 is 2.41 bits per heavy atom. The quantitative estimate of drug-likeness (QED) is 0.425. The highest BCUT2D eigenvalue weighted by Crippen LogP contribution is 2.29. The van der Waals surface area contributed by atoms with Crippen LogP contribution in [-0.4, -0.2) is 31.6 Å². The van der Waals surface area contributed by atoms with Crippen molar-refractivity contribution in [1.82, 2.24) is 0 Å². The molecule has 0 heterocycles. The minimum Gasteiger partial charge on any atom is -0.404 e. The molecule has 3 N–H and O–H groups in total. The Bertz CT molecular complexity index is 508. The van der Waals surface area contributed by atoms with E-state index in [0.717, 1.165) is 0 Å². The van der Waals surface area contributed by atoms with Gasteiger partial charge in [0.1, 0.15) is 0 Å². The van der Waals surface area contributed by atoms with Gasteiger partial charge in [-0.25, -0.2) is 0 Å². The van der Waals surface area contributed by atoms with E-state index in [1.54, 1.807) is 6.07 Å². The molecule has 0 radical (unpaired) electrons. The molecule has 0 fully saturated rings. The Kier molecular flexibility index (Phi) is 7.94. The number of benzene rings is 1. The molecule has 0 atom stereocenters. The van der Waals surface area contributed by atoms with E-state index in [4.69, 9.17) is 10.5 Å². The Balaban J connectivity index is 0.00000441. The lowest BCUT2D eigenvalue weighted by Crippen LogP contribution is -2.30. The van der Waals surface area contributed by atoms with Gasteiger partial charge in [0.15, 0.2) is 11.7 Å². The number of guanidine groups is 1. The van der Waals surface area contributed by atoms with Crippen molar-refractivity contribution in [3.05, 3.63) is 24.3 Å². The molecule has 9 heteroatoms. The van der Waals surface area contributed by atoms with E-state index in [9.17, 15) is 13.2 Å². The standard InChI is InChI=1S/C13H18F3N3O2.HI/c1-12(2,20-3)8-18-11(17)19-9-6-4-5-7-10(9)21-13(14,15)16;/h4-7H,8H2,1-3H3,(H3,17,18,19);1H. The van der Waals surface area contributed by atoms with E-state index in [1.165, 1.54) is 25.3 Å². The first kappa shape index (κ1) is 20.8. The lowest BCUT2D eigenvalue weighted by atomic mass is 10.1. The normalized spacial score (nSPS) is 12.5. The lowest BCUT2D eigenvalue weighted by Gasteiger charge is -2.20. The fraction of sp³-hybridized carbons (Fsp3) is 0.462. The van der Waals surface area contributed by atoms with Crippen LogP contribution in [0.2, 0.25) is 0 Å². The van der Waals surface area contributed by atoms with Gasteiger partial charge in [-0.05, 0) is 26.0 Å². The van der Waals surface area contributed by atoms with Crippen molar-refractivity contribution in [2.45, 2.75) is 25.8 Å². The maximum Gasteiger partial charge on any atom is 0.573 e. The van der Waals surface area contributed by atoms with E-state index in [2.05, 4.69) is 15.0 Å². The van der Waals surface area contributed by atoms with Gasteiger partial charge >= 0.3 is 6.36 Å². The number of alkyl halides is 3. The predicted octanol–water partition coefficient (Wildman–Crippen LogP) is 3.35. The summed E-state index contributed by atoms with van der Waals surface area (Å²) in [4.78, 5) is 4.02. The van der Waals surface area contributed by atoms with E-state index in [0.29, 0.717) is 0 Å². The second-order valence-corrected chi connectivity index (χ2v) is 4.83. The second kappa shape index (κ2) is 8.42. The molecule has 126 valence electrons. The number of rotatable bonds is 5. The zero-order valence-electron chi connectivity index (χ0n) is 12.4. The fourth-order valence-electron chi connectivity index (χ4n) is 1.30. The first-order valence-electron chi connectivity index (χ1n) is 6.10. The molecule has 1 aromatic carbocycles. The largest absolute Gasteiger partial charge is 0.573 e. The van der Waals surface area contributed by atoms with Crippen LogP contribution >= 0.6 is 24.0 Å². The fourth-order valence-corrected chi connectivity index (χ4v) is 1.30. The predicted molar refractivity (Wildman–Crippen MR) is 89.7 cm³/mol. The highest BCUT2D eigenvalue weighted by molar-refractivity contribution is 14.0. The molecule has 1 rings (SSSR count). The Hall–Kier alpha value is -1.23. The van der Waals surface area contributed by atoms with Gasteiger partial charge in [-0.1, -0.05) is 12.1 Å². The molecular weight excluding hydrogens is 414 g/mol. The summed E-state index contributed by atoms with van der Waals surface area (Å²) in [5, 5.41) is 2.58. The van der Waals surface area contributed by atoms with Gasteiger partial charge < -0.3 is 20.5 Å². The Morgan fingerprint density at radius 2 is 1.86 bits per heavy atom. The molecule has 0 amide bonds. The number of methoxy groups -OCH3 is 1. The molecule has 0 aliphatic heterocycles. The van der Waals surface area contributed by atoms with Gasteiger partial charge in [0, 0.05) is 7.11 Å². The van der Waals surface area contributed by atoms with Crippen LogP contribution in [0, 0.1) is 0 Å². The van der Waals surface area contributed by atoms with Crippen LogP contribution in [0.25, 0.3) is 0 Å². The van der Waals surface area contributed by atoms with Crippen LogP contribution in [0.4, 0.5) is 18.9 Å². The van der Waals surface area contributed by atoms with Crippen LogP contribution in [-0.2, 0) is 4.74 Å². The van der Waals surface area contributed by atoms with Crippen LogP contribution in [0.15, 0.2) is 29.3 Å². The number of nitrogens with zero attached hydrogens (tertiary/aromatic N) is 1. The highest BCUT2D eigenvalue weighted by atomic mass is 127. The van der Waals surface area contributed by atoms with E-state index in [1.807, 2.05) is 13.8 Å². The third-order valence-electron chi connectivity index (χ3n) is 2.56. The molecule has 22 heavy (non-hydrogen) atoms. The smallest absolute Gasteiger partial charge is 0.404 e. The van der Waals surface area contributed by atoms with Gasteiger partial charge in [0.05, 0.1) is 17.8 Å². The van der Waals surface area contributed by atoms with Crippen molar-refractivity contribution in [2.24, 2.45) is 10.7 Å². The zero-order chi connectivity index (χ0) is 16.1. The number of hydrogen-bond donors (Lipinski definition) is 2. The van der Waals surface area contributed by atoms with Gasteiger partial charge in [-0.2, -0.15) is 0 Å². The SMILES string of the molecule is COC(C)(C)CN=C(N)Nc1ccccc1OC(F)(F)F.I. The number of para-hydroxylation sites is 2. The van der Waals surface area contributed by atoms with Crippen LogP contribution in [0.1, 0.15) is 13.8 Å². The van der Waals surface area contributed by atoms with E-state index < -0.39 is 12.0 Å². The summed E-state index contributed by atoms with van der Waals surface area (Å²) in [6.07, 6.45) is -4.78. The second-order valence-electron chi connectivity index (χ2n) is 4.83. The van der Waals surface area contributed by atoms with Crippen molar-refractivity contribution >= 4 is 35.6 Å². The summed E-state index contributed by atoms with van der Waals surface area (Å²) >= 11 is 0. The van der Waals surface area contributed by atoms with Crippen LogP contribution in [0.5, 0.6) is 5.75 Å². The van der Waals surface area contributed by atoms with Crippen molar-refractivity contribution in [1.29, 1.82) is 0 Å². The third kappa shape index (κ3) is 7.69. The maximum atomic E-state index is 12.3. The summed E-state index contributed by atoms with van der Waals surface area (Å²) in [7, 11) is 1.53. The molecule has 0 spiro atoms. The lowest BCUT2D eigenvalue weighted by molar-refractivity contribution is -0.274. The first-order valence-corrected chi connectivity index (χ1v) is 6.10. The Labute approximate surface area is 144 Å². The average Bonchev–Trinajstić information content (AvgIpc) is 2.37. The summed E-state index contributed by atoms with van der Waals surface area (Å²) in [6, 6.07) is 5.57. The van der Waals surface area contributed by atoms with Crippen LogP contribution < -0.4 is 15.8 Å². The monoisotopic (exact) mass is 433 g/mol. The number of halogens is 4. The average molecular weight is 433 g/mol. The van der Waals surface area contributed by atoms with Gasteiger partial charge in [0.25, 0.3) is 0 Å². The number of nitrogens with one attached hydrogen (secondary N) is 1.